The van der Waals surface area contributed by atoms with Crippen molar-refractivity contribution in [2.45, 2.75) is 369 Å². The third-order valence-electron chi connectivity index (χ3n) is 16.5. The first-order chi connectivity index (χ1) is 44.7. The van der Waals surface area contributed by atoms with Crippen molar-refractivity contribution >= 4 is 39.5 Å². The maximum atomic E-state index is 13.0. The van der Waals surface area contributed by atoms with Gasteiger partial charge in [0.2, 0.25) is 0 Å². The van der Waals surface area contributed by atoms with E-state index >= 15 is 0 Å². The highest BCUT2D eigenvalue weighted by Gasteiger charge is 2.30. The van der Waals surface area contributed by atoms with Crippen molar-refractivity contribution in [3.05, 3.63) is 24.3 Å². The maximum Gasteiger partial charge on any atom is 0.472 e. The highest BCUT2D eigenvalue weighted by Crippen LogP contribution is 2.45. The molecule has 0 bridgehead atoms. The van der Waals surface area contributed by atoms with E-state index in [1.165, 1.54) is 135 Å². The van der Waals surface area contributed by atoms with Crippen molar-refractivity contribution in [3.63, 3.8) is 0 Å². The van der Waals surface area contributed by atoms with E-state index in [-0.39, 0.29) is 25.7 Å². The van der Waals surface area contributed by atoms with Crippen molar-refractivity contribution in [3.8, 4) is 0 Å². The van der Waals surface area contributed by atoms with E-state index in [0.717, 1.165) is 127 Å². The van der Waals surface area contributed by atoms with Crippen LogP contribution in [0.2, 0.25) is 0 Å². The Kier molecular flexibility index (Phi) is 62.5. The Morgan fingerprint density at radius 3 is 0.871 bits per heavy atom. The molecule has 0 aromatic heterocycles. The van der Waals surface area contributed by atoms with Crippen LogP contribution >= 0.6 is 15.6 Å². The molecule has 0 radical (unpaired) electrons. The van der Waals surface area contributed by atoms with E-state index in [9.17, 15) is 43.2 Å². The zero-order valence-corrected chi connectivity index (χ0v) is 62.0. The first kappa shape index (κ1) is 90.5. The van der Waals surface area contributed by atoms with Crippen LogP contribution in [-0.4, -0.2) is 96.7 Å². The molecule has 0 amide bonds. The van der Waals surface area contributed by atoms with Gasteiger partial charge in [0.15, 0.2) is 12.2 Å². The van der Waals surface area contributed by atoms with Gasteiger partial charge in [0.25, 0.3) is 0 Å². The van der Waals surface area contributed by atoms with E-state index in [0.29, 0.717) is 31.6 Å². The van der Waals surface area contributed by atoms with Gasteiger partial charge in [-0.1, -0.05) is 297 Å². The number of phosphoric ester groups is 2. The van der Waals surface area contributed by atoms with Crippen LogP contribution in [0.4, 0.5) is 0 Å². The Bertz CT molecular complexity index is 1910. The first-order valence-corrected chi connectivity index (χ1v) is 40.7. The molecule has 5 atom stereocenters. The molecule has 0 aromatic carbocycles. The van der Waals surface area contributed by atoms with Gasteiger partial charge in [-0.2, -0.15) is 0 Å². The summed E-state index contributed by atoms with van der Waals surface area (Å²) in [4.78, 5) is 72.7. The number of allylic oxidation sites excluding steroid dienone is 4. The molecule has 548 valence electrons. The van der Waals surface area contributed by atoms with Gasteiger partial charge in [-0.3, -0.25) is 37.3 Å². The quantitative estimate of drug-likeness (QED) is 0.0169. The average Bonchev–Trinajstić information content (AvgIpc) is 2.44. The molecule has 0 aliphatic rings. The van der Waals surface area contributed by atoms with E-state index < -0.39 is 97.5 Å². The summed E-state index contributed by atoms with van der Waals surface area (Å²) in [5.74, 6) is 0.0589. The molecule has 0 aliphatic heterocycles. The van der Waals surface area contributed by atoms with Crippen LogP contribution in [0.5, 0.6) is 0 Å². The average molecular weight is 1360 g/mol. The van der Waals surface area contributed by atoms with E-state index in [1.807, 2.05) is 0 Å². The summed E-state index contributed by atoms with van der Waals surface area (Å²) in [6.45, 7) is 11.7. The minimum atomic E-state index is -4.96. The lowest BCUT2D eigenvalue weighted by Crippen LogP contribution is -2.30. The molecule has 17 nitrogen and oxygen atoms in total. The molecule has 0 aliphatic carbocycles. The molecule has 0 saturated carbocycles. The number of hydrogen-bond acceptors (Lipinski definition) is 15. The first-order valence-electron chi connectivity index (χ1n) is 37.7. The Hall–Kier alpha value is -2.46. The number of rotatable bonds is 70. The topological polar surface area (TPSA) is 237 Å². The zero-order valence-electron chi connectivity index (χ0n) is 60.2. The molecular weight excluding hydrogens is 1220 g/mol. The highest BCUT2D eigenvalue weighted by molar-refractivity contribution is 7.47. The number of aliphatic hydroxyl groups is 1. The molecule has 3 N–H and O–H groups in total. The fourth-order valence-corrected chi connectivity index (χ4v) is 12.3. The van der Waals surface area contributed by atoms with E-state index in [1.54, 1.807) is 0 Å². The van der Waals surface area contributed by atoms with Gasteiger partial charge in [-0.15, -0.1) is 0 Å². The van der Waals surface area contributed by atoms with E-state index in [4.69, 9.17) is 37.0 Å². The highest BCUT2D eigenvalue weighted by atomic mass is 31.2. The Morgan fingerprint density at radius 1 is 0.333 bits per heavy atom. The van der Waals surface area contributed by atoms with Gasteiger partial charge >= 0.3 is 39.5 Å². The van der Waals surface area contributed by atoms with Crippen molar-refractivity contribution in [1.29, 1.82) is 0 Å². The van der Waals surface area contributed by atoms with E-state index in [2.05, 4.69) is 72.8 Å². The third kappa shape index (κ3) is 67.9. The van der Waals surface area contributed by atoms with Crippen LogP contribution < -0.4 is 0 Å². The zero-order chi connectivity index (χ0) is 68.7. The van der Waals surface area contributed by atoms with Gasteiger partial charge in [0, 0.05) is 25.7 Å². The lowest BCUT2D eigenvalue weighted by atomic mass is 10.0. The number of ether oxygens (including phenoxy) is 4. The van der Waals surface area contributed by atoms with Gasteiger partial charge in [-0.25, -0.2) is 9.13 Å². The van der Waals surface area contributed by atoms with Crippen molar-refractivity contribution < 1.29 is 80.2 Å². The summed E-state index contributed by atoms with van der Waals surface area (Å²) < 4.78 is 68.4. The Labute approximate surface area is 567 Å². The second kappa shape index (κ2) is 64.2. The van der Waals surface area contributed by atoms with Crippen LogP contribution in [0.25, 0.3) is 0 Å². The summed E-state index contributed by atoms with van der Waals surface area (Å²) in [7, 11) is -9.92. The monoisotopic (exact) mass is 1360 g/mol. The van der Waals surface area contributed by atoms with Crippen molar-refractivity contribution in [1.82, 2.24) is 0 Å². The fraction of sp³-hybridized carbons (Fsp3) is 0.892. The van der Waals surface area contributed by atoms with Crippen LogP contribution in [0, 0.1) is 17.8 Å². The Morgan fingerprint density at radius 2 is 0.581 bits per heavy atom. The third-order valence-corrected chi connectivity index (χ3v) is 18.4. The summed E-state index contributed by atoms with van der Waals surface area (Å²) >= 11 is 0. The minimum Gasteiger partial charge on any atom is -0.462 e. The molecule has 0 spiro atoms. The predicted octanol–water partition coefficient (Wildman–Crippen LogP) is 21.0. The van der Waals surface area contributed by atoms with Gasteiger partial charge < -0.3 is 33.8 Å². The molecule has 0 aromatic rings. The lowest BCUT2D eigenvalue weighted by molar-refractivity contribution is -0.161. The normalized spacial score (nSPS) is 14.3. The second-order valence-corrected chi connectivity index (χ2v) is 30.3. The van der Waals surface area contributed by atoms with Crippen LogP contribution in [0.15, 0.2) is 24.3 Å². The van der Waals surface area contributed by atoms with Gasteiger partial charge in [0.05, 0.1) is 26.4 Å². The van der Waals surface area contributed by atoms with Crippen molar-refractivity contribution in [2.24, 2.45) is 17.8 Å². The smallest absolute Gasteiger partial charge is 0.462 e. The molecule has 0 heterocycles. The molecule has 0 saturated heterocycles. The number of carbonyl (C=O) groups excluding carboxylic acids is 4. The van der Waals surface area contributed by atoms with Crippen LogP contribution in [0.1, 0.15) is 350 Å². The molecular formula is C74H140O17P2. The molecule has 0 fully saturated rings. The second-order valence-electron chi connectivity index (χ2n) is 27.4. The van der Waals surface area contributed by atoms with Gasteiger partial charge in [0.1, 0.15) is 19.3 Å². The summed E-state index contributed by atoms with van der Waals surface area (Å²) in [5, 5.41) is 10.6. The van der Waals surface area contributed by atoms with Crippen LogP contribution in [-0.2, 0) is 65.4 Å². The minimum absolute atomic E-state index is 0.0986. The number of phosphoric acid groups is 2. The summed E-state index contributed by atoms with van der Waals surface area (Å²) in [6.07, 6.45) is 52.3. The lowest BCUT2D eigenvalue weighted by Gasteiger charge is -2.21. The molecule has 93 heavy (non-hydrogen) atoms. The number of esters is 4. The molecule has 0 rings (SSSR count). The summed E-state index contributed by atoms with van der Waals surface area (Å²) in [6, 6.07) is 0. The van der Waals surface area contributed by atoms with Crippen molar-refractivity contribution in [2.75, 3.05) is 39.6 Å². The standard InChI is InChI=1S/C74H140O17P2/c1-8-9-10-11-12-13-14-15-16-19-22-28-33-41-48-55-71(76)84-61-69(90-74(79)58-51-44-35-30-25-24-27-32-39-46-53-66(4)5)63-88-92(80,81)86-59-68(75)60-87-93(82,83)89-64-70(62-85-72(77)56-49-42-37-36-40-47-54-67(6)7)91-73(78)57-50-43-34-29-23-20-17-18-21-26-31-38-45-52-65(2)3/h13-16,65-70,75H,8-12,17-64H2,1-7H3,(H,80,81)(H,82,83)/b14-13-,16-15-/t68-,69-,70-/m1/s1. The van der Waals surface area contributed by atoms with Gasteiger partial charge in [-0.05, 0) is 69.1 Å². The predicted molar refractivity (Wildman–Crippen MR) is 377 cm³/mol. The maximum absolute atomic E-state index is 13.0. The molecule has 19 heteroatoms. The fourth-order valence-electron chi connectivity index (χ4n) is 10.7. The number of unbranched alkanes of at least 4 members (excludes halogenated alkanes) is 35. The SMILES string of the molecule is CCCCCC/C=C\C=C/CCCCCCCC(=O)OC[C@H](COP(=O)(O)OC[C@@H](O)COP(=O)(O)OC[C@@H](COC(=O)CCCCCCCCC(C)C)OC(=O)CCCCCCCCCCCCCCCC(C)C)OC(=O)CCCCCCCCCCCCC(C)C. The Balaban J connectivity index is 5.27. The number of carbonyl (C=O) groups is 4. The largest absolute Gasteiger partial charge is 0.472 e. The molecule has 2 unspecified atom stereocenters. The number of hydrogen-bond donors (Lipinski definition) is 3. The number of aliphatic hydroxyl groups excluding tert-OH is 1. The van der Waals surface area contributed by atoms with Crippen LogP contribution in [0.3, 0.4) is 0 Å². The summed E-state index contributed by atoms with van der Waals surface area (Å²) in [5.41, 5.74) is 0.